The first-order valence-corrected chi connectivity index (χ1v) is 3.66. The number of rotatable bonds is 2. The molecule has 7 nitrogen and oxygen atoms in total. The van der Waals surface area contributed by atoms with Gasteiger partial charge in [-0.2, -0.15) is 0 Å². The molecule has 14 heavy (non-hydrogen) atoms. The Bertz CT molecular complexity index is 473. The third kappa shape index (κ3) is 1.35. The summed E-state index contributed by atoms with van der Waals surface area (Å²) in [5.41, 5.74) is 0.322. The second-order valence-electron chi connectivity index (χ2n) is 2.47. The van der Waals surface area contributed by atoms with E-state index in [1.54, 1.807) is 6.92 Å². The molecular weight excluding hydrogens is 190 g/mol. The molecule has 2 aromatic heterocycles. The van der Waals surface area contributed by atoms with Crippen LogP contribution in [0.4, 0.5) is 0 Å². The lowest BCUT2D eigenvalue weighted by atomic mass is 10.5. The van der Waals surface area contributed by atoms with Gasteiger partial charge in [0.15, 0.2) is 11.6 Å². The first kappa shape index (κ1) is 8.42. The van der Waals surface area contributed by atoms with Gasteiger partial charge in [-0.25, -0.2) is 9.78 Å². The van der Waals surface area contributed by atoms with E-state index in [0.29, 0.717) is 11.6 Å². The van der Waals surface area contributed by atoms with Crippen molar-refractivity contribution in [2.24, 2.45) is 0 Å². The summed E-state index contributed by atoms with van der Waals surface area (Å²) in [6.07, 6.45) is 1.31. The molecule has 7 heteroatoms. The fraction of sp³-hybridized carbons (Fsp3) is 0.143. The molecule has 2 rings (SSSR count). The van der Waals surface area contributed by atoms with E-state index in [-0.39, 0.29) is 5.89 Å². The van der Waals surface area contributed by atoms with Gasteiger partial charge in [0.1, 0.15) is 6.26 Å². The fourth-order valence-electron chi connectivity index (χ4n) is 0.875. The maximum atomic E-state index is 10.4. The number of hydrogen-bond donors (Lipinski definition) is 1. The maximum absolute atomic E-state index is 10.4. The van der Waals surface area contributed by atoms with E-state index in [9.17, 15) is 4.79 Å². The van der Waals surface area contributed by atoms with Crippen molar-refractivity contribution in [3.05, 3.63) is 18.0 Å². The molecule has 0 spiro atoms. The van der Waals surface area contributed by atoms with Gasteiger partial charge in [0.2, 0.25) is 0 Å². The second-order valence-corrected chi connectivity index (χ2v) is 2.47. The SMILES string of the molecule is Cc1nc(-c2nnc(C(=O)O)o2)co1. The minimum absolute atomic E-state index is 0.0271. The zero-order valence-electron chi connectivity index (χ0n) is 7.09. The molecule has 0 saturated heterocycles. The summed E-state index contributed by atoms with van der Waals surface area (Å²) in [6, 6.07) is 0. The predicted molar refractivity (Wildman–Crippen MR) is 41.5 cm³/mol. The van der Waals surface area contributed by atoms with E-state index < -0.39 is 11.9 Å². The van der Waals surface area contributed by atoms with Crippen LogP contribution < -0.4 is 0 Å². The molecule has 0 aliphatic carbocycles. The van der Waals surface area contributed by atoms with Gasteiger partial charge in [0.25, 0.3) is 5.89 Å². The normalized spacial score (nSPS) is 10.4. The summed E-state index contributed by atoms with van der Waals surface area (Å²) in [4.78, 5) is 14.3. The van der Waals surface area contributed by atoms with Crippen LogP contribution in [0.15, 0.2) is 15.1 Å². The van der Waals surface area contributed by atoms with Crippen molar-refractivity contribution in [3.63, 3.8) is 0 Å². The largest absolute Gasteiger partial charge is 0.474 e. The second kappa shape index (κ2) is 2.95. The quantitative estimate of drug-likeness (QED) is 0.753. The first-order chi connectivity index (χ1) is 6.66. The van der Waals surface area contributed by atoms with Crippen LogP contribution in [-0.2, 0) is 0 Å². The number of carbonyl (C=O) groups is 1. The number of aryl methyl sites for hydroxylation is 1. The van der Waals surface area contributed by atoms with Crippen molar-refractivity contribution in [3.8, 4) is 11.6 Å². The highest BCUT2D eigenvalue weighted by Gasteiger charge is 2.16. The molecule has 72 valence electrons. The zero-order chi connectivity index (χ0) is 10.1. The Morgan fingerprint density at radius 1 is 1.50 bits per heavy atom. The Kier molecular flexibility index (Phi) is 1.77. The molecule has 0 aromatic carbocycles. The smallest absolute Gasteiger partial charge is 0.393 e. The average molecular weight is 195 g/mol. The van der Waals surface area contributed by atoms with E-state index in [1.807, 2.05) is 0 Å². The number of carboxylic acid groups (broad SMARTS) is 1. The summed E-state index contributed by atoms with van der Waals surface area (Å²) in [5.74, 6) is -1.28. The Morgan fingerprint density at radius 3 is 2.79 bits per heavy atom. The molecule has 1 N–H and O–H groups in total. The van der Waals surface area contributed by atoms with Crippen LogP contribution in [-0.4, -0.2) is 26.3 Å². The van der Waals surface area contributed by atoms with Gasteiger partial charge in [-0.1, -0.05) is 0 Å². The van der Waals surface area contributed by atoms with Crippen LogP contribution in [0.25, 0.3) is 11.6 Å². The van der Waals surface area contributed by atoms with Crippen LogP contribution in [0.1, 0.15) is 16.6 Å². The Balaban J connectivity index is 2.38. The standard InChI is InChI=1S/C7H5N3O4/c1-3-8-4(2-13-3)5-9-10-6(14-5)7(11)12/h2H,1H3,(H,11,12). The first-order valence-electron chi connectivity index (χ1n) is 3.66. The highest BCUT2D eigenvalue weighted by atomic mass is 16.4. The van der Waals surface area contributed by atoms with E-state index in [2.05, 4.69) is 15.2 Å². The number of aromatic nitrogens is 3. The van der Waals surface area contributed by atoms with Crippen LogP contribution in [0.5, 0.6) is 0 Å². The minimum Gasteiger partial charge on any atom is -0.474 e. The van der Waals surface area contributed by atoms with Gasteiger partial charge in [0, 0.05) is 6.92 Å². The van der Waals surface area contributed by atoms with Crippen LogP contribution in [0.2, 0.25) is 0 Å². The summed E-state index contributed by atoms with van der Waals surface area (Å²) < 4.78 is 9.70. The van der Waals surface area contributed by atoms with Crippen molar-refractivity contribution in [1.29, 1.82) is 0 Å². The van der Waals surface area contributed by atoms with Gasteiger partial charge in [-0.3, -0.25) is 0 Å². The van der Waals surface area contributed by atoms with Crippen molar-refractivity contribution in [1.82, 2.24) is 15.2 Å². The molecule has 0 bridgehead atoms. The maximum Gasteiger partial charge on any atom is 0.393 e. The average Bonchev–Trinajstić information content (AvgIpc) is 2.70. The zero-order valence-corrected chi connectivity index (χ0v) is 7.09. The molecule has 0 radical (unpaired) electrons. The highest BCUT2D eigenvalue weighted by molar-refractivity contribution is 5.82. The molecule has 2 heterocycles. The van der Waals surface area contributed by atoms with Crippen molar-refractivity contribution in [2.45, 2.75) is 6.92 Å². The number of oxazole rings is 1. The highest BCUT2D eigenvalue weighted by Crippen LogP contribution is 2.16. The Morgan fingerprint density at radius 2 is 2.29 bits per heavy atom. The lowest BCUT2D eigenvalue weighted by Crippen LogP contribution is -1.95. The van der Waals surface area contributed by atoms with E-state index in [0.717, 1.165) is 0 Å². The lowest BCUT2D eigenvalue weighted by Gasteiger charge is -1.82. The molecule has 0 saturated carbocycles. The molecule has 0 amide bonds. The van der Waals surface area contributed by atoms with Crippen molar-refractivity contribution < 1.29 is 18.7 Å². The number of hydrogen-bond acceptors (Lipinski definition) is 6. The molecule has 0 atom stereocenters. The van der Waals surface area contributed by atoms with E-state index in [4.69, 9.17) is 13.9 Å². The topological polar surface area (TPSA) is 102 Å². The number of carboxylic acids is 1. The van der Waals surface area contributed by atoms with Crippen molar-refractivity contribution >= 4 is 5.97 Å². The Labute approximate surface area is 77.4 Å². The fourth-order valence-corrected chi connectivity index (χ4v) is 0.875. The predicted octanol–water partition coefficient (Wildman–Crippen LogP) is 0.731. The van der Waals surface area contributed by atoms with Crippen LogP contribution in [0.3, 0.4) is 0 Å². The van der Waals surface area contributed by atoms with E-state index in [1.165, 1.54) is 6.26 Å². The van der Waals surface area contributed by atoms with Crippen LogP contribution >= 0.6 is 0 Å². The van der Waals surface area contributed by atoms with Gasteiger partial charge < -0.3 is 13.9 Å². The summed E-state index contributed by atoms with van der Waals surface area (Å²) >= 11 is 0. The lowest BCUT2D eigenvalue weighted by molar-refractivity contribution is 0.0654. The summed E-state index contributed by atoms with van der Waals surface area (Å²) in [7, 11) is 0. The molecule has 0 aliphatic heterocycles. The van der Waals surface area contributed by atoms with Gasteiger partial charge in [-0.05, 0) is 0 Å². The molecular formula is C7H5N3O4. The van der Waals surface area contributed by atoms with Gasteiger partial charge >= 0.3 is 11.9 Å². The monoisotopic (exact) mass is 195 g/mol. The third-order valence-electron chi connectivity index (χ3n) is 1.45. The number of aromatic carboxylic acids is 1. The van der Waals surface area contributed by atoms with Gasteiger partial charge in [0.05, 0.1) is 0 Å². The molecule has 0 fully saturated rings. The molecule has 0 unspecified atom stereocenters. The molecule has 0 aliphatic rings. The Hall–Kier alpha value is -2.18. The number of nitrogens with zero attached hydrogens (tertiary/aromatic N) is 3. The summed E-state index contributed by atoms with van der Waals surface area (Å²) in [6.45, 7) is 1.65. The summed E-state index contributed by atoms with van der Waals surface area (Å²) in [5, 5.41) is 15.3. The van der Waals surface area contributed by atoms with Crippen LogP contribution in [0, 0.1) is 6.92 Å². The van der Waals surface area contributed by atoms with Crippen molar-refractivity contribution in [2.75, 3.05) is 0 Å². The van der Waals surface area contributed by atoms with Gasteiger partial charge in [-0.15, -0.1) is 10.2 Å². The minimum atomic E-state index is -1.27. The van der Waals surface area contributed by atoms with E-state index >= 15 is 0 Å². The molecule has 2 aromatic rings. The third-order valence-corrected chi connectivity index (χ3v) is 1.45.